The number of anilines is 1. The van der Waals surface area contributed by atoms with Crippen molar-refractivity contribution in [3.63, 3.8) is 0 Å². The molecule has 0 fully saturated rings. The molecule has 138 valence electrons. The molecule has 1 amide bonds. The van der Waals surface area contributed by atoms with Crippen LogP contribution in [-0.2, 0) is 12.8 Å². The monoisotopic (exact) mass is 369 g/mol. The Morgan fingerprint density at radius 1 is 0.964 bits per heavy atom. The number of aromatic amines is 1. The van der Waals surface area contributed by atoms with Crippen LogP contribution in [0.4, 0.5) is 5.69 Å². The second-order valence-electron chi connectivity index (χ2n) is 7.22. The number of amides is 1. The zero-order valence-corrected chi connectivity index (χ0v) is 15.3. The SMILES string of the molecule is O=C(Nc1ccc2c3c(c(=O)[nH]c2c1)CCCC3)c1ccc2ccccc2n1. The number of aromatic nitrogens is 2. The molecule has 0 unspecified atom stereocenters. The van der Waals surface area contributed by atoms with Crippen molar-refractivity contribution in [2.24, 2.45) is 0 Å². The lowest BCUT2D eigenvalue weighted by molar-refractivity contribution is 0.102. The molecule has 0 radical (unpaired) electrons. The smallest absolute Gasteiger partial charge is 0.274 e. The molecule has 0 saturated carbocycles. The first-order valence-corrected chi connectivity index (χ1v) is 9.54. The van der Waals surface area contributed by atoms with Crippen LogP contribution < -0.4 is 10.9 Å². The lowest BCUT2D eigenvalue weighted by atomic mass is 9.90. The van der Waals surface area contributed by atoms with Crippen LogP contribution in [0.5, 0.6) is 0 Å². The summed E-state index contributed by atoms with van der Waals surface area (Å²) in [6.07, 6.45) is 3.95. The van der Waals surface area contributed by atoms with E-state index in [1.807, 2.05) is 48.5 Å². The lowest BCUT2D eigenvalue weighted by Gasteiger charge is -2.17. The highest BCUT2D eigenvalue weighted by Gasteiger charge is 2.17. The summed E-state index contributed by atoms with van der Waals surface area (Å²) >= 11 is 0. The number of hydrogen-bond donors (Lipinski definition) is 2. The van der Waals surface area contributed by atoms with Gasteiger partial charge < -0.3 is 10.3 Å². The predicted molar refractivity (Wildman–Crippen MR) is 111 cm³/mol. The van der Waals surface area contributed by atoms with Gasteiger partial charge in [-0.3, -0.25) is 9.59 Å². The Hall–Kier alpha value is -3.47. The Bertz CT molecular complexity index is 1290. The van der Waals surface area contributed by atoms with Gasteiger partial charge in [0.15, 0.2) is 0 Å². The fourth-order valence-corrected chi connectivity index (χ4v) is 4.03. The van der Waals surface area contributed by atoms with Gasteiger partial charge in [0, 0.05) is 22.0 Å². The lowest BCUT2D eigenvalue weighted by Crippen LogP contribution is -2.19. The van der Waals surface area contributed by atoms with Crippen LogP contribution in [0.1, 0.15) is 34.5 Å². The van der Waals surface area contributed by atoms with Crippen LogP contribution in [0.25, 0.3) is 21.8 Å². The Morgan fingerprint density at radius 3 is 2.68 bits per heavy atom. The van der Waals surface area contributed by atoms with Gasteiger partial charge in [-0.15, -0.1) is 0 Å². The van der Waals surface area contributed by atoms with E-state index in [-0.39, 0.29) is 11.5 Å². The average Bonchev–Trinajstić information content (AvgIpc) is 2.73. The third kappa shape index (κ3) is 2.85. The highest BCUT2D eigenvalue weighted by atomic mass is 16.2. The van der Waals surface area contributed by atoms with Gasteiger partial charge in [0.25, 0.3) is 11.5 Å². The fraction of sp³-hybridized carbons (Fsp3) is 0.174. The van der Waals surface area contributed by atoms with E-state index in [4.69, 9.17) is 0 Å². The van der Waals surface area contributed by atoms with Gasteiger partial charge in [-0.1, -0.05) is 30.3 Å². The zero-order valence-electron chi connectivity index (χ0n) is 15.3. The summed E-state index contributed by atoms with van der Waals surface area (Å²) < 4.78 is 0. The molecule has 0 aliphatic heterocycles. The van der Waals surface area contributed by atoms with E-state index in [0.29, 0.717) is 11.4 Å². The van der Waals surface area contributed by atoms with E-state index in [1.165, 1.54) is 0 Å². The number of benzene rings is 2. The molecule has 0 saturated heterocycles. The number of nitrogens with one attached hydrogen (secondary N) is 2. The third-order valence-electron chi connectivity index (χ3n) is 5.42. The van der Waals surface area contributed by atoms with E-state index in [9.17, 15) is 9.59 Å². The molecule has 2 aromatic heterocycles. The van der Waals surface area contributed by atoms with Crippen molar-refractivity contribution in [1.82, 2.24) is 9.97 Å². The number of nitrogens with zero attached hydrogens (tertiary/aromatic N) is 1. The van der Waals surface area contributed by atoms with Crippen molar-refractivity contribution in [2.75, 3.05) is 5.32 Å². The number of para-hydroxylation sites is 1. The molecule has 2 N–H and O–H groups in total. The molecule has 0 bridgehead atoms. The first-order chi connectivity index (χ1) is 13.7. The van der Waals surface area contributed by atoms with Gasteiger partial charge in [0.05, 0.1) is 11.0 Å². The molecule has 4 aromatic rings. The Balaban J connectivity index is 1.49. The molecule has 1 aliphatic carbocycles. The van der Waals surface area contributed by atoms with Crippen LogP contribution in [-0.4, -0.2) is 15.9 Å². The third-order valence-corrected chi connectivity index (χ3v) is 5.42. The molecule has 0 atom stereocenters. The summed E-state index contributed by atoms with van der Waals surface area (Å²) in [5.41, 5.74) is 4.59. The molecule has 5 nitrogen and oxygen atoms in total. The largest absolute Gasteiger partial charge is 0.322 e. The number of pyridine rings is 2. The highest BCUT2D eigenvalue weighted by Crippen LogP contribution is 2.27. The Kier molecular flexibility index (Phi) is 3.93. The highest BCUT2D eigenvalue weighted by molar-refractivity contribution is 6.05. The molecule has 5 heteroatoms. The average molecular weight is 369 g/mol. The van der Waals surface area contributed by atoms with Gasteiger partial charge in [-0.25, -0.2) is 4.98 Å². The number of hydrogen-bond acceptors (Lipinski definition) is 3. The Morgan fingerprint density at radius 2 is 1.79 bits per heavy atom. The Labute approximate surface area is 161 Å². The molecule has 2 heterocycles. The number of rotatable bonds is 2. The van der Waals surface area contributed by atoms with E-state index < -0.39 is 0 Å². The first kappa shape index (κ1) is 16.7. The summed E-state index contributed by atoms with van der Waals surface area (Å²) in [5.74, 6) is -0.273. The van der Waals surface area contributed by atoms with Crippen LogP contribution in [0.2, 0.25) is 0 Å². The second kappa shape index (κ2) is 6.60. The van der Waals surface area contributed by atoms with Gasteiger partial charge in [-0.2, -0.15) is 0 Å². The number of carbonyl (C=O) groups is 1. The summed E-state index contributed by atoms with van der Waals surface area (Å²) in [5, 5.41) is 4.95. The summed E-state index contributed by atoms with van der Waals surface area (Å²) in [6.45, 7) is 0. The van der Waals surface area contributed by atoms with Gasteiger partial charge in [0.2, 0.25) is 0 Å². The van der Waals surface area contributed by atoms with Crippen molar-refractivity contribution in [1.29, 1.82) is 0 Å². The van der Waals surface area contributed by atoms with E-state index in [2.05, 4.69) is 15.3 Å². The molecule has 28 heavy (non-hydrogen) atoms. The molecular weight excluding hydrogens is 350 g/mol. The first-order valence-electron chi connectivity index (χ1n) is 9.54. The molecule has 1 aliphatic rings. The van der Waals surface area contributed by atoms with Crippen molar-refractivity contribution >= 4 is 33.4 Å². The number of fused-ring (bicyclic) bond motifs is 4. The summed E-state index contributed by atoms with van der Waals surface area (Å²) in [4.78, 5) is 32.5. The van der Waals surface area contributed by atoms with Crippen molar-refractivity contribution in [3.05, 3.63) is 81.8 Å². The number of aryl methyl sites for hydroxylation is 1. The van der Waals surface area contributed by atoms with Crippen molar-refractivity contribution < 1.29 is 4.79 Å². The molecule has 2 aromatic carbocycles. The zero-order chi connectivity index (χ0) is 19.1. The minimum atomic E-state index is -0.273. The van der Waals surface area contributed by atoms with Crippen LogP contribution in [0, 0.1) is 0 Å². The number of H-pyrrole nitrogens is 1. The minimum Gasteiger partial charge on any atom is -0.322 e. The molecular formula is C23H19N3O2. The predicted octanol–water partition coefficient (Wildman–Crippen LogP) is 4.21. The van der Waals surface area contributed by atoms with E-state index in [1.54, 1.807) is 6.07 Å². The van der Waals surface area contributed by atoms with Gasteiger partial charge in [-0.05, 0) is 55.5 Å². The topological polar surface area (TPSA) is 74.8 Å². The molecule has 5 rings (SSSR count). The van der Waals surface area contributed by atoms with Crippen molar-refractivity contribution in [2.45, 2.75) is 25.7 Å². The van der Waals surface area contributed by atoms with E-state index >= 15 is 0 Å². The van der Waals surface area contributed by atoms with Gasteiger partial charge in [0.1, 0.15) is 5.69 Å². The maximum atomic E-state index is 12.6. The normalized spacial score (nSPS) is 13.4. The molecule has 0 spiro atoms. The maximum Gasteiger partial charge on any atom is 0.274 e. The van der Waals surface area contributed by atoms with Crippen LogP contribution in [0.3, 0.4) is 0 Å². The standard InChI is InChI=1S/C23H19N3O2/c27-22-18-7-3-2-6-16(18)17-11-10-15(13-21(17)26-22)24-23(28)20-12-9-14-5-1-4-8-19(14)25-20/h1,4-5,8-13H,2-3,6-7H2,(H,24,28)(H,26,27). The second-order valence-corrected chi connectivity index (χ2v) is 7.22. The minimum absolute atomic E-state index is 0.0122. The van der Waals surface area contributed by atoms with Crippen LogP contribution in [0.15, 0.2) is 59.4 Å². The summed E-state index contributed by atoms with van der Waals surface area (Å²) in [6, 6.07) is 17.0. The quantitative estimate of drug-likeness (QED) is 0.556. The maximum absolute atomic E-state index is 12.6. The number of carbonyl (C=O) groups excluding carboxylic acids is 1. The summed E-state index contributed by atoms with van der Waals surface area (Å²) in [7, 11) is 0. The van der Waals surface area contributed by atoms with Gasteiger partial charge >= 0.3 is 0 Å². The fourth-order valence-electron chi connectivity index (χ4n) is 4.03. The van der Waals surface area contributed by atoms with Crippen molar-refractivity contribution in [3.8, 4) is 0 Å². The van der Waals surface area contributed by atoms with E-state index in [0.717, 1.165) is 58.6 Å². The van der Waals surface area contributed by atoms with Crippen LogP contribution >= 0.6 is 0 Å².